The van der Waals surface area contributed by atoms with E-state index in [0.717, 1.165) is 14.5 Å². The van der Waals surface area contributed by atoms with Crippen LogP contribution in [0, 0.1) is 0 Å². The zero-order chi connectivity index (χ0) is 22.0. The molecule has 0 saturated carbocycles. The van der Waals surface area contributed by atoms with E-state index in [1.807, 2.05) is 35.0 Å². The van der Waals surface area contributed by atoms with Crippen LogP contribution in [-0.4, -0.2) is 37.8 Å². The smallest absolute Gasteiger partial charge is 0.295 e. The molecule has 1 N–H and O–H groups in total. The van der Waals surface area contributed by atoms with Crippen LogP contribution in [0.5, 0.6) is 0 Å². The van der Waals surface area contributed by atoms with Gasteiger partial charge in [0.15, 0.2) is 0 Å². The van der Waals surface area contributed by atoms with Gasteiger partial charge in [0.05, 0.1) is 17.9 Å². The highest BCUT2D eigenvalue weighted by atomic mass is 79.9. The molecule has 1 saturated heterocycles. The number of nitrogens with zero attached hydrogens (tertiary/aromatic N) is 3. The van der Waals surface area contributed by atoms with Gasteiger partial charge in [0.2, 0.25) is 0 Å². The summed E-state index contributed by atoms with van der Waals surface area (Å²) in [6.45, 7) is 1.04. The lowest BCUT2D eigenvalue weighted by Gasteiger charge is -2.25. The predicted octanol–water partition coefficient (Wildman–Crippen LogP) is 4.92. The van der Waals surface area contributed by atoms with E-state index >= 15 is 0 Å². The minimum Gasteiger partial charge on any atom is -0.507 e. The van der Waals surface area contributed by atoms with Crippen LogP contribution < -0.4 is 0 Å². The van der Waals surface area contributed by atoms with Crippen molar-refractivity contribution in [1.29, 1.82) is 0 Å². The Hall–Kier alpha value is -2.71. The van der Waals surface area contributed by atoms with Crippen molar-refractivity contribution in [2.24, 2.45) is 0 Å². The topological polar surface area (TPSA) is 75.4 Å². The fourth-order valence-corrected chi connectivity index (χ4v) is 4.42. The summed E-state index contributed by atoms with van der Waals surface area (Å²) in [5.41, 5.74) is 1.35. The first-order valence-corrected chi connectivity index (χ1v) is 11.3. The van der Waals surface area contributed by atoms with Crippen molar-refractivity contribution in [3.05, 3.63) is 92.9 Å². The average molecular weight is 545 g/mol. The number of imidazole rings is 1. The number of halogens is 2. The van der Waals surface area contributed by atoms with Crippen LogP contribution in [0.25, 0.3) is 5.76 Å². The van der Waals surface area contributed by atoms with Crippen LogP contribution in [0.3, 0.4) is 0 Å². The molecule has 8 heteroatoms. The SMILES string of the molecule is O=C1C(=O)N(CCCn2ccnc2)C(c2cccc(Br)c2)/C1=C(\O)c1ccc(Br)cc1. The van der Waals surface area contributed by atoms with Crippen LogP contribution >= 0.6 is 31.9 Å². The first-order valence-electron chi connectivity index (χ1n) is 9.71. The molecule has 158 valence electrons. The molecule has 1 aliphatic rings. The molecule has 3 aromatic rings. The van der Waals surface area contributed by atoms with Crippen molar-refractivity contribution in [3.63, 3.8) is 0 Å². The van der Waals surface area contributed by atoms with E-state index in [2.05, 4.69) is 36.8 Å². The van der Waals surface area contributed by atoms with Gasteiger partial charge >= 0.3 is 0 Å². The fourth-order valence-electron chi connectivity index (χ4n) is 3.74. The maximum atomic E-state index is 13.0. The van der Waals surface area contributed by atoms with Gasteiger partial charge < -0.3 is 14.6 Å². The highest BCUT2D eigenvalue weighted by molar-refractivity contribution is 9.10. The third kappa shape index (κ3) is 4.50. The van der Waals surface area contributed by atoms with Crippen molar-refractivity contribution < 1.29 is 14.7 Å². The molecule has 0 radical (unpaired) electrons. The summed E-state index contributed by atoms with van der Waals surface area (Å²) >= 11 is 6.84. The first-order chi connectivity index (χ1) is 15.0. The molecule has 1 atom stereocenters. The van der Waals surface area contributed by atoms with Gasteiger partial charge in [-0.15, -0.1) is 0 Å². The number of aromatic nitrogens is 2. The molecule has 31 heavy (non-hydrogen) atoms. The Kier molecular flexibility index (Phi) is 6.38. The van der Waals surface area contributed by atoms with Crippen LogP contribution in [0.2, 0.25) is 0 Å². The molecule has 1 aliphatic heterocycles. The van der Waals surface area contributed by atoms with Gasteiger partial charge in [-0.25, -0.2) is 4.98 Å². The number of rotatable bonds is 6. The van der Waals surface area contributed by atoms with Crippen molar-refractivity contribution in [3.8, 4) is 0 Å². The van der Waals surface area contributed by atoms with Gasteiger partial charge in [-0.2, -0.15) is 0 Å². The minimum atomic E-state index is -0.673. The molecular weight excluding hydrogens is 526 g/mol. The Morgan fingerprint density at radius 3 is 2.48 bits per heavy atom. The van der Waals surface area contributed by atoms with Gasteiger partial charge in [-0.1, -0.05) is 56.1 Å². The standard InChI is InChI=1S/C23H19Br2N3O3/c24-17-7-5-15(6-8-17)21(29)19-20(16-3-1-4-18(25)13-16)28(23(31)22(19)30)11-2-10-27-12-9-26-14-27/h1,3-9,12-14,20,29H,2,10-11H2/b21-19+. The highest BCUT2D eigenvalue weighted by Gasteiger charge is 2.45. The normalized spacial score (nSPS) is 18.0. The first kappa shape index (κ1) is 21.5. The molecule has 2 aromatic carbocycles. The quantitative estimate of drug-likeness (QED) is 0.271. The van der Waals surface area contributed by atoms with Crippen molar-refractivity contribution >= 4 is 49.3 Å². The van der Waals surface area contributed by atoms with Crippen LogP contribution in [0.1, 0.15) is 23.6 Å². The average Bonchev–Trinajstić information content (AvgIpc) is 3.36. The van der Waals surface area contributed by atoms with E-state index in [1.165, 1.54) is 0 Å². The Bertz CT molecular complexity index is 1140. The molecule has 1 aromatic heterocycles. The van der Waals surface area contributed by atoms with E-state index in [0.29, 0.717) is 25.1 Å². The van der Waals surface area contributed by atoms with E-state index in [1.54, 1.807) is 41.7 Å². The second-order valence-electron chi connectivity index (χ2n) is 7.21. The number of hydrogen-bond donors (Lipinski definition) is 1. The number of likely N-dealkylation sites (tertiary alicyclic amines) is 1. The van der Waals surface area contributed by atoms with E-state index in [4.69, 9.17) is 0 Å². The van der Waals surface area contributed by atoms with Crippen molar-refractivity contribution in [2.45, 2.75) is 19.0 Å². The Morgan fingerprint density at radius 1 is 1.03 bits per heavy atom. The number of aliphatic hydroxyl groups is 1. The molecule has 6 nitrogen and oxygen atoms in total. The summed E-state index contributed by atoms with van der Waals surface area (Å²) in [5.74, 6) is -1.45. The Balaban J connectivity index is 1.73. The summed E-state index contributed by atoms with van der Waals surface area (Å²) in [5, 5.41) is 11.0. The number of aryl methyl sites for hydroxylation is 1. The number of carbonyl (C=O) groups is 2. The zero-order valence-corrected chi connectivity index (χ0v) is 19.6. The number of aliphatic hydroxyl groups excluding tert-OH is 1. The van der Waals surface area contributed by atoms with Gasteiger partial charge in [-0.05, 0) is 36.2 Å². The van der Waals surface area contributed by atoms with Crippen molar-refractivity contribution in [1.82, 2.24) is 14.5 Å². The largest absolute Gasteiger partial charge is 0.507 e. The minimum absolute atomic E-state index is 0.105. The Labute approximate surface area is 196 Å². The number of hydrogen-bond acceptors (Lipinski definition) is 4. The lowest BCUT2D eigenvalue weighted by molar-refractivity contribution is -0.139. The lowest BCUT2D eigenvalue weighted by Crippen LogP contribution is -2.31. The predicted molar refractivity (Wildman–Crippen MR) is 124 cm³/mol. The highest BCUT2D eigenvalue weighted by Crippen LogP contribution is 2.40. The second kappa shape index (κ2) is 9.20. The summed E-state index contributed by atoms with van der Waals surface area (Å²) in [6, 6.07) is 13.8. The van der Waals surface area contributed by atoms with E-state index in [9.17, 15) is 14.7 Å². The van der Waals surface area contributed by atoms with Gasteiger partial charge in [0.25, 0.3) is 11.7 Å². The maximum absolute atomic E-state index is 13.0. The number of amides is 1. The number of Topliss-reactive ketones (excluding diaryl/α,β-unsaturated/α-hetero) is 1. The number of carbonyl (C=O) groups excluding carboxylic acids is 2. The summed E-state index contributed by atoms with van der Waals surface area (Å²) < 4.78 is 3.61. The Morgan fingerprint density at radius 2 is 1.81 bits per heavy atom. The molecule has 0 aliphatic carbocycles. The summed E-state index contributed by atoms with van der Waals surface area (Å²) in [7, 11) is 0. The molecule has 4 rings (SSSR count). The summed E-state index contributed by atoms with van der Waals surface area (Å²) in [4.78, 5) is 31.5. The number of benzene rings is 2. The molecule has 1 amide bonds. The number of ketones is 1. The van der Waals surface area contributed by atoms with Crippen LogP contribution in [0.4, 0.5) is 0 Å². The molecule has 0 bridgehead atoms. The van der Waals surface area contributed by atoms with Crippen LogP contribution in [-0.2, 0) is 16.1 Å². The van der Waals surface area contributed by atoms with Crippen molar-refractivity contribution in [2.75, 3.05) is 6.54 Å². The third-order valence-electron chi connectivity index (χ3n) is 5.20. The van der Waals surface area contributed by atoms with Crippen LogP contribution in [0.15, 0.2) is 81.8 Å². The van der Waals surface area contributed by atoms with E-state index in [-0.39, 0.29) is 11.3 Å². The van der Waals surface area contributed by atoms with Gasteiger partial charge in [0.1, 0.15) is 5.76 Å². The molecular formula is C23H19Br2N3O3. The molecule has 0 spiro atoms. The lowest BCUT2D eigenvalue weighted by atomic mass is 9.95. The van der Waals surface area contributed by atoms with E-state index < -0.39 is 17.7 Å². The maximum Gasteiger partial charge on any atom is 0.295 e. The third-order valence-corrected chi connectivity index (χ3v) is 6.22. The van der Waals surface area contributed by atoms with Gasteiger partial charge in [0, 0.05) is 40.0 Å². The zero-order valence-electron chi connectivity index (χ0n) is 16.4. The molecule has 1 fully saturated rings. The molecule has 1 unspecified atom stereocenters. The summed E-state index contributed by atoms with van der Waals surface area (Å²) in [6.07, 6.45) is 5.92. The van der Waals surface area contributed by atoms with Gasteiger partial charge in [-0.3, -0.25) is 9.59 Å². The monoisotopic (exact) mass is 543 g/mol. The second-order valence-corrected chi connectivity index (χ2v) is 9.04. The fraction of sp³-hybridized carbons (Fsp3) is 0.174. The molecule has 2 heterocycles.